The Morgan fingerprint density at radius 3 is 2.58 bits per heavy atom. The van der Waals surface area contributed by atoms with Gasteiger partial charge in [0, 0.05) is 26.2 Å². The third-order valence-electron chi connectivity index (χ3n) is 3.07. The van der Waals surface area contributed by atoms with Crippen molar-refractivity contribution >= 4 is 18.3 Å². The van der Waals surface area contributed by atoms with E-state index < -0.39 is 0 Å². The van der Waals surface area contributed by atoms with E-state index in [1.54, 1.807) is 0 Å². The molecule has 2 rings (SSSR count). The molecule has 5 heteroatoms. The number of nitrogens with zero attached hydrogens (tertiary/aromatic N) is 1. The molecule has 4 nitrogen and oxygen atoms in total. The van der Waals surface area contributed by atoms with E-state index in [0.29, 0.717) is 6.61 Å². The summed E-state index contributed by atoms with van der Waals surface area (Å²) in [6.07, 6.45) is 0.857. The maximum Gasteiger partial charge on any atom is 0.248 e. The molecule has 1 amide bonds. The Morgan fingerprint density at radius 2 is 1.89 bits per heavy atom. The Hall–Kier alpha value is -1.10. The maximum atomic E-state index is 11.8. The van der Waals surface area contributed by atoms with Crippen molar-refractivity contribution in [2.45, 2.75) is 6.42 Å². The first-order chi connectivity index (χ1) is 8.86. The number of halogens is 1. The minimum absolute atomic E-state index is 0. The number of ether oxygens (including phenoxy) is 1. The van der Waals surface area contributed by atoms with Crippen molar-refractivity contribution in [2.24, 2.45) is 0 Å². The molecule has 0 radical (unpaired) electrons. The lowest BCUT2D eigenvalue weighted by Gasteiger charge is -2.27. The summed E-state index contributed by atoms with van der Waals surface area (Å²) in [5.41, 5.74) is 1.24. The monoisotopic (exact) mass is 284 g/mol. The molecular weight excluding hydrogens is 264 g/mol. The number of carbonyl (C=O) groups is 1. The van der Waals surface area contributed by atoms with Crippen molar-refractivity contribution in [3.8, 4) is 0 Å². The predicted octanol–water partition coefficient (Wildman–Crippen LogP) is 1.10. The fourth-order valence-corrected chi connectivity index (χ4v) is 2.00. The minimum atomic E-state index is 0. The summed E-state index contributed by atoms with van der Waals surface area (Å²) < 4.78 is 5.44. The second kappa shape index (κ2) is 8.91. The van der Waals surface area contributed by atoms with Gasteiger partial charge in [0.15, 0.2) is 0 Å². The van der Waals surface area contributed by atoms with Crippen molar-refractivity contribution < 1.29 is 9.53 Å². The number of rotatable bonds is 5. The summed E-state index contributed by atoms with van der Waals surface area (Å²) in [5.74, 6) is 0.101. The maximum absolute atomic E-state index is 11.8. The molecule has 1 aliphatic heterocycles. The zero-order valence-corrected chi connectivity index (χ0v) is 11.8. The van der Waals surface area contributed by atoms with Crippen LogP contribution >= 0.6 is 12.4 Å². The highest BCUT2D eigenvalue weighted by molar-refractivity contribution is 5.85. The standard InChI is InChI=1S/C14H20N2O2.ClH/c17-14(16-9-7-15-8-10-16)12-18-11-6-13-4-2-1-3-5-13;/h1-5,15H,6-12H2;1H. The first-order valence-electron chi connectivity index (χ1n) is 6.46. The van der Waals surface area contributed by atoms with Crippen LogP contribution in [0.2, 0.25) is 0 Å². The van der Waals surface area contributed by atoms with E-state index in [0.717, 1.165) is 32.6 Å². The van der Waals surface area contributed by atoms with Crippen molar-refractivity contribution in [3.05, 3.63) is 35.9 Å². The van der Waals surface area contributed by atoms with Crippen LogP contribution in [0.1, 0.15) is 5.56 Å². The molecule has 0 spiro atoms. The SMILES string of the molecule is Cl.O=C(COCCc1ccccc1)N1CCNCC1. The quantitative estimate of drug-likeness (QED) is 0.824. The van der Waals surface area contributed by atoms with Gasteiger partial charge in [0.05, 0.1) is 6.61 Å². The van der Waals surface area contributed by atoms with E-state index in [1.807, 2.05) is 23.1 Å². The van der Waals surface area contributed by atoms with Crippen molar-refractivity contribution in [1.29, 1.82) is 0 Å². The van der Waals surface area contributed by atoms with Crippen molar-refractivity contribution in [2.75, 3.05) is 39.4 Å². The van der Waals surface area contributed by atoms with Gasteiger partial charge >= 0.3 is 0 Å². The van der Waals surface area contributed by atoms with Crippen LogP contribution < -0.4 is 5.32 Å². The molecule has 0 unspecified atom stereocenters. The highest BCUT2D eigenvalue weighted by Crippen LogP contribution is 2.00. The first kappa shape index (κ1) is 16.0. The number of piperazine rings is 1. The number of carbonyl (C=O) groups excluding carboxylic acids is 1. The molecule has 1 aliphatic rings. The van der Waals surface area contributed by atoms with Crippen LogP contribution in [-0.4, -0.2) is 50.2 Å². The molecule has 0 saturated carbocycles. The van der Waals surface area contributed by atoms with Gasteiger partial charge in [-0.15, -0.1) is 12.4 Å². The third-order valence-corrected chi connectivity index (χ3v) is 3.07. The van der Waals surface area contributed by atoms with E-state index >= 15 is 0 Å². The van der Waals surface area contributed by atoms with Gasteiger partial charge in [-0.05, 0) is 12.0 Å². The largest absolute Gasteiger partial charge is 0.371 e. The zero-order chi connectivity index (χ0) is 12.6. The number of hydrogen-bond acceptors (Lipinski definition) is 3. The fourth-order valence-electron chi connectivity index (χ4n) is 2.00. The molecule has 1 fully saturated rings. The highest BCUT2D eigenvalue weighted by atomic mass is 35.5. The Labute approximate surface area is 120 Å². The molecule has 1 aromatic rings. The molecule has 19 heavy (non-hydrogen) atoms. The summed E-state index contributed by atoms with van der Waals surface area (Å²) >= 11 is 0. The van der Waals surface area contributed by atoms with Gasteiger partial charge in [0.1, 0.15) is 6.61 Å². The van der Waals surface area contributed by atoms with E-state index in [9.17, 15) is 4.79 Å². The van der Waals surface area contributed by atoms with Crippen LogP contribution in [0, 0.1) is 0 Å². The number of hydrogen-bond donors (Lipinski definition) is 1. The Kier molecular flexibility index (Phi) is 7.48. The minimum Gasteiger partial charge on any atom is -0.371 e. The lowest BCUT2D eigenvalue weighted by molar-refractivity contribution is -0.136. The van der Waals surface area contributed by atoms with Crippen molar-refractivity contribution in [1.82, 2.24) is 10.2 Å². The molecule has 1 N–H and O–H groups in total. The number of amides is 1. The zero-order valence-electron chi connectivity index (χ0n) is 11.0. The number of nitrogens with one attached hydrogen (secondary N) is 1. The molecule has 106 valence electrons. The molecule has 1 aromatic carbocycles. The molecule has 1 heterocycles. The Bertz CT molecular complexity index is 367. The predicted molar refractivity (Wildman–Crippen MR) is 77.7 cm³/mol. The Morgan fingerprint density at radius 1 is 1.21 bits per heavy atom. The van der Waals surface area contributed by atoms with E-state index in [1.165, 1.54) is 5.56 Å². The van der Waals surface area contributed by atoms with Gasteiger partial charge in [-0.1, -0.05) is 30.3 Å². The summed E-state index contributed by atoms with van der Waals surface area (Å²) in [6.45, 7) is 4.15. The van der Waals surface area contributed by atoms with Crippen molar-refractivity contribution in [3.63, 3.8) is 0 Å². The van der Waals surface area contributed by atoms with Gasteiger partial charge < -0.3 is 15.0 Å². The molecule has 1 saturated heterocycles. The molecule has 0 bridgehead atoms. The first-order valence-corrected chi connectivity index (χ1v) is 6.46. The molecule has 0 aliphatic carbocycles. The van der Waals surface area contributed by atoms with E-state index in [-0.39, 0.29) is 24.9 Å². The van der Waals surface area contributed by atoms with Gasteiger partial charge in [0.2, 0.25) is 5.91 Å². The Balaban J connectivity index is 0.00000180. The van der Waals surface area contributed by atoms with Gasteiger partial charge in [-0.25, -0.2) is 0 Å². The second-order valence-electron chi connectivity index (χ2n) is 4.42. The van der Waals surface area contributed by atoms with E-state index in [2.05, 4.69) is 17.4 Å². The summed E-state index contributed by atoms with van der Waals surface area (Å²) in [4.78, 5) is 13.6. The lowest BCUT2D eigenvalue weighted by atomic mass is 10.2. The average molecular weight is 285 g/mol. The molecule has 0 aromatic heterocycles. The molecule has 0 atom stereocenters. The van der Waals surface area contributed by atoms with Crippen LogP contribution in [-0.2, 0) is 16.0 Å². The van der Waals surface area contributed by atoms with Crippen LogP contribution in [0.4, 0.5) is 0 Å². The van der Waals surface area contributed by atoms with E-state index in [4.69, 9.17) is 4.74 Å². The van der Waals surface area contributed by atoms with Crippen LogP contribution in [0.25, 0.3) is 0 Å². The summed E-state index contributed by atoms with van der Waals surface area (Å²) in [7, 11) is 0. The average Bonchev–Trinajstić information content (AvgIpc) is 2.45. The summed E-state index contributed by atoms with van der Waals surface area (Å²) in [5, 5.41) is 3.22. The normalized spacial score (nSPS) is 14.8. The van der Waals surface area contributed by atoms with Crippen LogP contribution in [0.5, 0.6) is 0 Å². The highest BCUT2D eigenvalue weighted by Gasteiger charge is 2.15. The smallest absolute Gasteiger partial charge is 0.248 e. The fraction of sp³-hybridized carbons (Fsp3) is 0.500. The summed E-state index contributed by atoms with van der Waals surface area (Å²) in [6, 6.07) is 10.2. The molecular formula is C14H21ClN2O2. The lowest BCUT2D eigenvalue weighted by Crippen LogP contribution is -2.47. The van der Waals surface area contributed by atoms with Gasteiger partial charge in [-0.2, -0.15) is 0 Å². The number of benzene rings is 1. The van der Waals surface area contributed by atoms with Gasteiger partial charge in [-0.3, -0.25) is 4.79 Å². The van der Waals surface area contributed by atoms with Crippen LogP contribution in [0.15, 0.2) is 30.3 Å². The van der Waals surface area contributed by atoms with Crippen LogP contribution in [0.3, 0.4) is 0 Å². The topological polar surface area (TPSA) is 41.6 Å². The second-order valence-corrected chi connectivity index (χ2v) is 4.42. The third kappa shape index (κ3) is 5.59. The van der Waals surface area contributed by atoms with Gasteiger partial charge in [0.25, 0.3) is 0 Å².